The van der Waals surface area contributed by atoms with Gasteiger partial charge in [0.25, 0.3) is 0 Å². The van der Waals surface area contributed by atoms with Gasteiger partial charge in [0.1, 0.15) is 0 Å². The first-order chi connectivity index (χ1) is 8.50. The van der Waals surface area contributed by atoms with Gasteiger partial charge in [-0.15, -0.1) is 11.3 Å². The van der Waals surface area contributed by atoms with Crippen LogP contribution >= 0.6 is 11.3 Å². The fourth-order valence-corrected chi connectivity index (χ4v) is 3.49. The van der Waals surface area contributed by atoms with Crippen LogP contribution in [0, 0.1) is 12.8 Å². The molecular formula is C14H22N2OS. The van der Waals surface area contributed by atoms with Crippen molar-refractivity contribution in [1.29, 1.82) is 0 Å². The van der Waals surface area contributed by atoms with Crippen molar-refractivity contribution in [2.75, 3.05) is 13.6 Å². The van der Waals surface area contributed by atoms with E-state index in [2.05, 4.69) is 38.2 Å². The summed E-state index contributed by atoms with van der Waals surface area (Å²) in [5, 5.41) is 3.34. The maximum atomic E-state index is 12.5. The van der Waals surface area contributed by atoms with E-state index in [4.69, 9.17) is 0 Å². The van der Waals surface area contributed by atoms with E-state index < -0.39 is 0 Å². The zero-order chi connectivity index (χ0) is 13.3. The predicted octanol–water partition coefficient (Wildman–Crippen LogP) is 2.57. The van der Waals surface area contributed by atoms with Crippen molar-refractivity contribution < 1.29 is 4.79 Å². The van der Waals surface area contributed by atoms with E-state index in [1.54, 1.807) is 11.3 Å². The van der Waals surface area contributed by atoms with Gasteiger partial charge in [-0.2, -0.15) is 0 Å². The normalized spacial score (nSPS) is 25.1. The minimum absolute atomic E-state index is 0.138. The summed E-state index contributed by atoms with van der Waals surface area (Å²) >= 11 is 1.78. The Morgan fingerprint density at radius 2 is 2.28 bits per heavy atom. The molecule has 0 aliphatic carbocycles. The Morgan fingerprint density at radius 3 is 2.78 bits per heavy atom. The maximum Gasteiger partial charge on any atom is 0.227 e. The van der Waals surface area contributed by atoms with Gasteiger partial charge in [0, 0.05) is 22.8 Å². The van der Waals surface area contributed by atoms with Gasteiger partial charge in [0.15, 0.2) is 0 Å². The van der Waals surface area contributed by atoms with Crippen molar-refractivity contribution in [3.05, 3.63) is 21.9 Å². The molecule has 1 amide bonds. The predicted molar refractivity (Wildman–Crippen MR) is 75.8 cm³/mol. The van der Waals surface area contributed by atoms with Crippen molar-refractivity contribution in [1.82, 2.24) is 10.2 Å². The van der Waals surface area contributed by atoms with Crippen LogP contribution in [0.4, 0.5) is 0 Å². The highest BCUT2D eigenvalue weighted by atomic mass is 32.1. The molecule has 1 saturated heterocycles. The van der Waals surface area contributed by atoms with Crippen LogP contribution in [0.15, 0.2) is 12.1 Å². The molecule has 0 bridgehead atoms. The van der Waals surface area contributed by atoms with E-state index in [1.807, 2.05) is 11.9 Å². The Kier molecular flexibility index (Phi) is 4.07. The van der Waals surface area contributed by atoms with Crippen LogP contribution in [0.1, 0.15) is 36.1 Å². The fraction of sp³-hybridized carbons (Fsp3) is 0.643. The second-order valence-electron chi connectivity index (χ2n) is 5.21. The standard InChI is InChI=1S/C14H22N2OS/c1-9-5-6-13(18-9)11(3)16(4)14(17)12-7-8-15-10(12)2/h5-6,10-12,15H,7-8H2,1-4H3. The van der Waals surface area contributed by atoms with Crippen molar-refractivity contribution in [2.24, 2.45) is 5.92 Å². The molecule has 1 aromatic rings. The zero-order valence-corrected chi connectivity index (χ0v) is 12.4. The lowest BCUT2D eigenvalue weighted by molar-refractivity contribution is -0.136. The summed E-state index contributed by atoms with van der Waals surface area (Å²) in [4.78, 5) is 16.9. The maximum absolute atomic E-state index is 12.5. The number of nitrogens with zero attached hydrogens (tertiary/aromatic N) is 1. The van der Waals surface area contributed by atoms with Crippen LogP contribution < -0.4 is 5.32 Å². The first kappa shape index (κ1) is 13.6. The number of carbonyl (C=O) groups excluding carboxylic acids is 1. The lowest BCUT2D eigenvalue weighted by atomic mass is 10.00. The average molecular weight is 266 g/mol. The third-order valence-electron chi connectivity index (χ3n) is 3.94. The third-order valence-corrected chi connectivity index (χ3v) is 5.11. The molecule has 1 aromatic heterocycles. The van der Waals surface area contributed by atoms with Gasteiger partial charge in [0.05, 0.1) is 12.0 Å². The number of aryl methyl sites for hydroxylation is 1. The Balaban J connectivity index is 2.06. The van der Waals surface area contributed by atoms with Gasteiger partial charge in [-0.05, 0) is 45.9 Å². The first-order valence-corrected chi connectivity index (χ1v) is 7.38. The molecule has 1 fully saturated rings. The van der Waals surface area contributed by atoms with E-state index in [-0.39, 0.29) is 17.9 Å². The monoisotopic (exact) mass is 266 g/mol. The van der Waals surface area contributed by atoms with Crippen LogP contribution in [-0.2, 0) is 4.79 Å². The van der Waals surface area contributed by atoms with E-state index in [0.29, 0.717) is 6.04 Å². The Labute approximate surface area is 113 Å². The molecule has 0 radical (unpaired) electrons. The topological polar surface area (TPSA) is 32.3 Å². The molecule has 3 unspecified atom stereocenters. The van der Waals surface area contributed by atoms with Crippen LogP contribution in [0.25, 0.3) is 0 Å². The minimum atomic E-state index is 0.138. The van der Waals surface area contributed by atoms with E-state index in [1.165, 1.54) is 9.75 Å². The number of hydrogen-bond donors (Lipinski definition) is 1. The molecule has 0 aromatic carbocycles. The molecule has 2 rings (SSSR count). The van der Waals surface area contributed by atoms with Gasteiger partial charge in [0.2, 0.25) is 5.91 Å². The molecular weight excluding hydrogens is 244 g/mol. The van der Waals surface area contributed by atoms with Gasteiger partial charge < -0.3 is 10.2 Å². The van der Waals surface area contributed by atoms with Gasteiger partial charge in [-0.25, -0.2) is 0 Å². The van der Waals surface area contributed by atoms with E-state index in [9.17, 15) is 4.79 Å². The van der Waals surface area contributed by atoms with Crippen LogP contribution in [0.5, 0.6) is 0 Å². The molecule has 4 heteroatoms. The van der Waals surface area contributed by atoms with Crippen LogP contribution in [0.3, 0.4) is 0 Å². The zero-order valence-electron chi connectivity index (χ0n) is 11.6. The molecule has 100 valence electrons. The molecule has 1 aliphatic rings. The highest BCUT2D eigenvalue weighted by Crippen LogP contribution is 2.28. The third kappa shape index (κ3) is 2.59. The molecule has 3 nitrogen and oxygen atoms in total. The summed E-state index contributed by atoms with van der Waals surface area (Å²) < 4.78 is 0. The number of carbonyl (C=O) groups is 1. The van der Waals surface area contributed by atoms with Crippen molar-refractivity contribution in [2.45, 2.75) is 39.3 Å². The van der Waals surface area contributed by atoms with Crippen molar-refractivity contribution in [3.63, 3.8) is 0 Å². The summed E-state index contributed by atoms with van der Waals surface area (Å²) in [7, 11) is 1.92. The number of nitrogens with one attached hydrogen (secondary N) is 1. The Morgan fingerprint density at radius 1 is 1.56 bits per heavy atom. The summed E-state index contributed by atoms with van der Waals surface area (Å²) in [6, 6.07) is 4.72. The smallest absolute Gasteiger partial charge is 0.227 e. The number of rotatable bonds is 3. The molecule has 0 saturated carbocycles. The van der Waals surface area contributed by atoms with Crippen molar-refractivity contribution >= 4 is 17.2 Å². The molecule has 18 heavy (non-hydrogen) atoms. The number of hydrogen-bond acceptors (Lipinski definition) is 3. The second-order valence-corrected chi connectivity index (χ2v) is 6.53. The van der Waals surface area contributed by atoms with Gasteiger partial charge in [-0.3, -0.25) is 4.79 Å². The highest BCUT2D eigenvalue weighted by Gasteiger charge is 2.33. The van der Waals surface area contributed by atoms with E-state index in [0.717, 1.165) is 13.0 Å². The Bertz CT molecular complexity index is 429. The summed E-state index contributed by atoms with van der Waals surface area (Å²) in [6.07, 6.45) is 0.959. The lowest BCUT2D eigenvalue weighted by Gasteiger charge is -2.28. The quantitative estimate of drug-likeness (QED) is 0.912. The fourth-order valence-electron chi connectivity index (χ4n) is 2.52. The SMILES string of the molecule is Cc1ccc(C(C)N(C)C(=O)C2CCNC2C)s1. The summed E-state index contributed by atoms with van der Waals surface area (Å²) in [6.45, 7) is 7.27. The molecule has 0 spiro atoms. The molecule has 2 heterocycles. The molecule has 1 aliphatic heterocycles. The summed E-state index contributed by atoms with van der Waals surface area (Å²) in [5.41, 5.74) is 0. The lowest BCUT2D eigenvalue weighted by Crippen LogP contribution is -2.39. The first-order valence-electron chi connectivity index (χ1n) is 6.57. The van der Waals surface area contributed by atoms with Gasteiger partial charge >= 0.3 is 0 Å². The van der Waals surface area contributed by atoms with Crippen molar-refractivity contribution in [3.8, 4) is 0 Å². The highest BCUT2D eigenvalue weighted by molar-refractivity contribution is 7.12. The Hall–Kier alpha value is -0.870. The van der Waals surface area contributed by atoms with Gasteiger partial charge in [-0.1, -0.05) is 0 Å². The second kappa shape index (κ2) is 5.41. The summed E-state index contributed by atoms with van der Waals surface area (Å²) in [5.74, 6) is 0.407. The number of thiophene rings is 1. The largest absolute Gasteiger partial charge is 0.338 e. The number of amides is 1. The molecule has 1 N–H and O–H groups in total. The van der Waals surface area contributed by atoms with E-state index >= 15 is 0 Å². The van der Waals surface area contributed by atoms with Crippen LogP contribution in [-0.4, -0.2) is 30.4 Å². The van der Waals surface area contributed by atoms with Crippen LogP contribution in [0.2, 0.25) is 0 Å². The molecule has 3 atom stereocenters. The average Bonchev–Trinajstić information content (AvgIpc) is 2.95. The minimum Gasteiger partial charge on any atom is -0.338 e.